The molecule has 3 rings (SSSR count). The molecule has 1 aliphatic rings. The van der Waals surface area contributed by atoms with Crippen LogP contribution in [0.25, 0.3) is 0 Å². The van der Waals surface area contributed by atoms with E-state index in [1.807, 2.05) is 36.5 Å². The van der Waals surface area contributed by atoms with E-state index in [-0.39, 0.29) is 10.8 Å². The highest BCUT2D eigenvalue weighted by molar-refractivity contribution is 5.38. The Hall–Kier alpha value is -2.11. The predicted molar refractivity (Wildman–Crippen MR) is 128 cm³/mol. The van der Waals surface area contributed by atoms with Crippen molar-refractivity contribution in [1.29, 1.82) is 0 Å². The molecule has 1 atom stereocenters. The van der Waals surface area contributed by atoms with Crippen LogP contribution in [-0.2, 0) is 5.41 Å². The van der Waals surface area contributed by atoms with E-state index in [4.69, 9.17) is 4.74 Å². The molecule has 5 heteroatoms. The smallest absolute Gasteiger partial charge is 0.128 e. The van der Waals surface area contributed by atoms with Crippen molar-refractivity contribution in [3.63, 3.8) is 0 Å². The molecule has 0 aliphatic carbocycles. The number of aliphatic hydroxyl groups excluding tert-OH is 1. The van der Waals surface area contributed by atoms with Crippen molar-refractivity contribution < 1.29 is 9.84 Å². The summed E-state index contributed by atoms with van der Waals surface area (Å²) >= 11 is 0. The van der Waals surface area contributed by atoms with Gasteiger partial charge in [-0.1, -0.05) is 52.8 Å². The highest BCUT2D eigenvalue weighted by Gasteiger charge is 2.27. The average Bonchev–Trinajstić information content (AvgIpc) is 2.72. The summed E-state index contributed by atoms with van der Waals surface area (Å²) in [6.45, 7) is 16.1. The zero-order valence-electron chi connectivity index (χ0n) is 19.8. The van der Waals surface area contributed by atoms with Crippen molar-refractivity contribution in [3.05, 3.63) is 54.2 Å². The van der Waals surface area contributed by atoms with Crippen LogP contribution in [-0.4, -0.2) is 60.4 Å². The molecule has 0 amide bonds. The maximum atomic E-state index is 10.5. The summed E-state index contributed by atoms with van der Waals surface area (Å²) in [7, 11) is 0. The Morgan fingerprint density at radius 3 is 2.23 bits per heavy atom. The van der Waals surface area contributed by atoms with Crippen molar-refractivity contribution in [3.8, 4) is 5.75 Å². The van der Waals surface area contributed by atoms with Crippen LogP contribution in [0, 0.1) is 5.41 Å². The van der Waals surface area contributed by atoms with Gasteiger partial charge in [0.2, 0.25) is 0 Å². The van der Waals surface area contributed by atoms with Crippen LogP contribution < -0.4 is 9.64 Å². The topological polar surface area (TPSA) is 48.8 Å². The minimum Gasteiger partial charge on any atom is -0.491 e. The lowest BCUT2D eigenvalue weighted by Gasteiger charge is -2.36. The highest BCUT2D eigenvalue weighted by atomic mass is 16.5. The fourth-order valence-electron chi connectivity index (χ4n) is 4.67. The number of anilines is 1. The van der Waals surface area contributed by atoms with Crippen molar-refractivity contribution in [2.75, 3.05) is 44.2 Å². The minimum absolute atomic E-state index is 0.119. The third-order valence-corrected chi connectivity index (χ3v) is 5.86. The van der Waals surface area contributed by atoms with Gasteiger partial charge in [0, 0.05) is 38.9 Å². The summed E-state index contributed by atoms with van der Waals surface area (Å²) in [6.07, 6.45) is 2.45. The molecule has 0 radical (unpaired) electrons. The van der Waals surface area contributed by atoms with Crippen LogP contribution in [0.4, 0.5) is 5.82 Å². The number of pyridine rings is 1. The molecular weight excluding hydrogens is 386 g/mol. The maximum absolute atomic E-state index is 10.5. The molecular formula is C26H39N3O2. The third kappa shape index (κ3) is 7.22. The van der Waals surface area contributed by atoms with Crippen LogP contribution >= 0.6 is 0 Å². The molecule has 5 nitrogen and oxygen atoms in total. The number of rotatable bonds is 8. The van der Waals surface area contributed by atoms with Gasteiger partial charge in [0.05, 0.1) is 0 Å². The Morgan fingerprint density at radius 2 is 1.65 bits per heavy atom. The van der Waals surface area contributed by atoms with E-state index in [1.165, 1.54) is 5.56 Å². The molecule has 0 saturated carbocycles. The molecule has 1 saturated heterocycles. The van der Waals surface area contributed by atoms with Gasteiger partial charge in [-0.25, -0.2) is 4.98 Å². The molecule has 2 heterocycles. The van der Waals surface area contributed by atoms with Gasteiger partial charge in [-0.2, -0.15) is 0 Å². The number of ether oxygens (including phenoxy) is 1. The zero-order valence-corrected chi connectivity index (χ0v) is 19.8. The first-order valence-electron chi connectivity index (χ1n) is 11.4. The molecule has 1 N–H and O–H groups in total. The molecule has 1 aromatic carbocycles. The Labute approximate surface area is 188 Å². The largest absolute Gasteiger partial charge is 0.491 e. The summed E-state index contributed by atoms with van der Waals surface area (Å²) < 4.78 is 5.87. The molecule has 2 aromatic rings. The second kappa shape index (κ2) is 10.0. The number of β-amino-alcohol motifs (C(OH)–C–C–N with tert-alkyl or cyclic N) is 1. The number of nitrogens with zero attached hydrogens (tertiary/aromatic N) is 3. The highest BCUT2D eigenvalue weighted by Crippen LogP contribution is 2.36. The third-order valence-electron chi connectivity index (χ3n) is 5.86. The van der Waals surface area contributed by atoms with E-state index >= 15 is 0 Å². The van der Waals surface area contributed by atoms with Crippen LogP contribution in [0.5, 0.6) is 5.75 Å². The number of aliphatic hydroxyl groups is 1. The van der Waals surface area contributed by atoms with Crippen LogP contribution in [0.1, 0.15) is 46.6 Å². The summed E-state index contributed by atoms with van der Waals surface area (Å²) in [4.78, 5) is 9.02. The van der Waals surface area contributed by atoms with Gasteiger partial charge in [-0.3, -0.25) is 4.90 Å². The van der Waals surface area contributed by atoms with Crippen LogP contribution in [0.3, 0.4) is 0 Å². The molecule has 170 valence electrons. The number of aromatic nitrogens is 1. The second-order valence-electron chi connectivity index (χ2n) is 10.6. The predicted octanol–water partition coefficient (Wildman–Crippen LogP) is 4.36. The molecule has 1 aromatic heterocycles. The summed E-state index contributed by atoms with van der Waals surface area (Å²) in [5.41, 5.74) is 1.72. The van der Waals surface area contributed by atoms with Crippen molar-refractivity contribution in [2.24, 2.45) is 5.41 Å². The number of benzene rings is 1. The number of hydrogen-bond donors (Lipinski definition) is 1. The van der Waals surface area contributed by atoms with Crippen molar-refractivity contribution in [1.82, 2.24) is 9.88 Å². The average molecular weight is 426 g/mol. The van der Waals surface area contributed by atoms with E-state index in [9.17, 15) is 5.11 Å². The monoisotopic (exact) mass is 425 g/mol. The maximum Gasteiger partial charge on any atom is 0.128 e. The Bertz CT molecular complexity index is 792. The van der Waals surface area contributed by atoms with Gasteiger partial charge in [0.1, 0.15) is 24.3 Å². The first-order chi connectivity index (χ1) is 14.6. The number of piperazine rings is 1. The SMILES string of the molecule is CC(C)(C)CC(C)(C)c1ccc(OC[C@@H](O)CN2CCN(c3ccccn3)CC2)cc1. The fourth-order valence-corrected chi connectivity index (χ4v) is 4.67. The summed E-state index contributed by atoms with van der Waals surface area (Å²) in [5, 5.41) is 10.5. The first-order valence-corrected chi connectivity index (χ1v) is 11.4. The Kier molecular flexibility index (Phi) is 7.60. The van der Waals surface area contributed by atoms with E-state index in [1.54, 1.807) is 0 Å². The van der Waals surface area contributed by atoms with Gasteiger partial charge in [-0.05, 0) is 47.1 Å². The van der Waals surface area contributed by atoms with E-state index in [0.717, 1.165) is 44.2 Å². The van der Waals surface area contributed by atoms with Crippen LogP contribution in [0.15, 0.2) is 48.7 Å². The standard InChI is InChI=1S/C26H39N3O2/c1-25(2,3)20-26(4,5)21-9-11-23(12-10-21)31-19-22(30)18-28-14-16-29(17-15-28)24-8-6-7-13-27-24/h6-13,22,30H,14-20H2,1-5H3/t22-/m0/s1. The van der Waals surface area contributed by atoms with E-state index in [2.05, 4.69) is 61.5 Å². The normalized spacial score (nSPS) is 16.9. The Morgan fingerprint density at radius 1 is 0.968 bits per heavy atom. The minimum atomic E-state index is -0.501. The van der Waals surface area contributed by atoms with Gasteiger partial charge in [-0.15, -0.1) is 0 Å². The molecule has 31 heavy (non-hydrogen) atoms. The number of hydrogen-bond acceptors (Lipinski definition) is 5. The fraction of sp³-hybridized carbons (Fsp3) is 0.577. The second-order valence-corrected chi connectivity index (χ2v) is 10.6. The molecule has 0 unspecified atom stereocenters. The van der Waals surface area contributed by atoms with Gasteiger partial charge >= 0.3 is 0 Å². The van der Waals surface area contributed by atoms with Gasteiger partial charge in [0.15, 0.2) is 0 Å². The zero-order chi connectivity index (χ0) is 22.5. The lowest BCUT2D eigenvalue weighted by molar-refractivity contribution is 0.0662. The molecule has 0 spiro atoms. The molecule has 1 fully saturated rings. The quantitative estimate of drug-likeness (QED) is 0.681. The summed E-state index contributed by atoms with van der Waals surface area (Å²) in [6, 6.07) is 14.4. The van der Waals surface area contributed by atoms with Crippen molar-refractivity contribution in [2.45, 2.75) is 52.6 Å². The Balaban J connectivity index is 1.42. The van der Waals surface area contributed by atoms with Gasteiger partial charge in [0.25, 0.3) is 0 Å². The van der Waals surface area contributed by atoms with E-state index in [0.29, 0.717) is 13.2 Å². The molecule has 1 aliphatic heterocycles. The molecule has 0 bridgehead atoms. The van der Waals surface area contributed by atoms with E-state index < -0.39 is 6.10 Å². The van der Waals surface area contributed by atoms with Gasteiger partial charge < -0.3 is 14.7 Å². The van der Waals surface area contributed by atoms with Crippen molar-refractivity contribution >= 4 is 5.82 Å². The lowest BCUT2D eigenvalue weighted by Crippen LogP contribution is -2.49. The van der Waals surface area contributed by atoms with Crippen LogP contribution in [0.2, 0.25) is 0 Å². The first kappa shape index (κ1) is 23.6. The summed E-state index contributed by atoms with van der Waals surface area (Å²) in [5.74, 6) is 1.84. The lowest BCUT2D eigenvalue weighted by atomic mass is 9.72.